The molecule has 0 atom stereocenters. The highest BCUT2D eigenvalue weighted by atomic mass is 32.2. The zero-order valence-electron chi connectivity index (χ0n) is 17.4. The number of rotatable bonds is 5. The van der Waals surface area contributed by atoms with Crippen molar-refractivity contribution in [3.63, 3.8) is 0 Å². The largest absolute Gasteiger partial charge is 0.326 e. The van der Waals surface area contributed by atoms with E-state index in [9.17, 15) is 14.0 Å². The number of para-hydroxylation sites is 1. The lowest BCUT2D eigenvalue weighted by atomic mass is 10.2. The number of aromatic nitrogens is 2. The van der Waals surface area contributed by atoms with Crippen LogP contribution in [0.3, 0.4) is 0 Å². The van der Waals surface area contributed by atoms with Crippen LogP contribution in [0.5, 0.6) is 0 Å². The third-order valence-corrected chi connectivity index (χ3v) is 6.11. The average molecular weight is 439 g/mol. The summed E-state index contributed by atoms with van der Waals surface area (Å²) in [6.45, 7) is 4.32. The van der Waals surface area contributed by atoms with Crippen molar-refractivity contribution in [3.05, 3.63) is 65.7 Å². The highest BCUT2D eigenvalue weighted by Gasteiger charge is 2.23. The van der Waals surface area contributed by atoms with Gasteiger partial charge in [0.05, 0.1) is 11.4 Å². The highest BCUT2D eigenvalue weighted by molar-refractivity contribution is 7.99. The van der Waals surface area contributed by atoms with Crippen LogP contribution >= 0.6 is 11.8 Å². The maximum Gasteiger partial charge on any atom is 0.227 e. The number of benzene rings is 2. The number of anilines is 2. The predicted molar refractivity (Wildman–Crippen MR) is 120 cm³/mol. The van der Waals surface area contributed by atoms with Crippen molar-refractivity contribution in [2.75, 3.05) is 22.5 Å². The Kier molecular flexibility index (Phi) is 6.08. The molecule has 8 heteroatoms. The fraction of sp³-hybridized carbons (Fsp3) is 0.261. The topological polar surface area (TPSA) is 67.2 Å². The van der Waals surface area contributed by atoms with Crippen molar-refractivity contribution in [2.45, 2.75) is 31.6 Å². The Morgan fingerprint density at radius 3 is 2.65 bits per heavy atom. The minimum absolute atomic E-state index is 0.0332. The van der Waals surface area contributed by atoms with Gasteiger partial charge in [-0.3, -0.25) is 9.59 Å². The molecule has 3 aromatic rings. The molecule has 1 aliphatic heterocycles. The van der Waals surface area contributed by atoms with E-state index >= 15 is 0 Å². The van der Waals surface area contributed by atoms with Gasteiger partial charge in [0.25, 0.3) is 0 Å². The third-order valence-electron chi connectivity index (χ3n) is 5.06. The van der Waals surface area contributed by atoms with E-state index in [1.807, 2.05) is 44.2 Å². The molecule has 31 heavy (non-hydrogen) atoms. The maximum atomic E-state index is 14.6. The quantitative estimate of drug-likeness (QED) is 0.638. The van der Waals surface area contributed by atoms with Crippen LogP contribution in [0, 0.1) is 19.7 Å². The van der Waals surface area contributed by atoms with Gasteiger partial charge in [-0.25, -0.2) is 9.07 Å². The predicted octanol–water partition coefficient (Wildman–Crippen LogP) is 4.49. The first-order chi connectivity index (χ1) is 14.9. The summed E-state index contributed by atoms with van der Waals surface area (Å²) in [5.41, 5.74) is 3.18. The molecule has 0 unspecified atom stereocenters. The van der Waals surface area contributed by atoms with Crippen LogP contribution in [0.2, 0.25) is 0 Å². The molecule has 0 bridgehead atoms. The van der Waals surface area contributed by atoms with Gasteiger partial charge in [-0.2, -0.15) is 5.10 Å². The van der Waals surface area contributed by atoms with Gasteiger partial charge in [0.15, 0.2) is 5.82 Å². The summed E-state index contributed by atoms with van der Waals surface area (Å²) in [6.07, 6.45) is 0.128. The Hall–Kier alpha value is -3.13. The van der Waals surface area contributed by atoms with Gasteiger partial charge in [0, 0.05) is 41.4 Å². The number of thioether (sulfide) groups is 1. The molecule has 1 aliphatic rings. The Bertz CT molecular complexity index is 1140. The molecule has 2 amide bonds. The second kappa shape index (κ2) is 8.93. The van der Waals surface area contributed by atoms with Gasteiger partial charge >= 0.3 is 0 Å². The number of carbonyl (C=O) groups is 2. The van der Waals surface area contributed by atoms with E-state index in [1.165, 1.54) is 10.7 Å². The number of nitrogens with one attached hydrogen (secondary N) is 1. The summed E-state index contributed by atoms with van der Waals surface area (Å²) in [5.74, 6) is -0.0710. The number of halogens is 1. The number of amides is 2. The van der Waals surface area contributed by atoms with Gasteiger partial charge in [0.2, 0.25) is 11.8 Å². The summed E-state index contributed by atoms with van der Waals surface area (Å²) >= 11 is 1.72. The van der Waals surface area contributed by atoms with Crippen LogP contribution in [-0.4, -0.2) is 33.9 Å². The van der Waals surface area contributed by atoms with Crippen LogP contribution in [0.4, 0.5) is 15.8 Å². The van der Waals surface area contributed by atoms with E-state index in [2.05, 4.69) is 10.4 Å². The van der Waals surface area contributed by atoms with E-state index in [0.29, 0.717) is 17.9 Å². The summed E-state index contributed by atoms with van der Waals surface area (Å²) in [5, 5.41) is 6.96. The standard InChI is InChI=1S/C23H23FN4O2S/c1-15-13-16(2)28(26-15)19-8-7-17(14-18(19)24)25-22(29)9-10-23(30)27-11-12-31-21-6-4-3-5-20(21)27/h3-8,13-14H,9-12H2,1-2H3,(H,25,29). The van der Waals surface area contributed by atoms with Gasteiger partial charge in [-0.05, 0) is 50.2 Å². The zero-order valence-corrected chi connectivity index (χ0v) is 18.2. The lowest BCUT2D eigenvalue weighted by Crippen LogP contribution is -2.35. The SMILES string of the molecule is Cc1cc(C)n(-c2ccc(NC(=O)CCC(=O)N3CCSc4ccccc43)cc2F)n1. The van der Waals surface area contributed by atoms with E-state index in [1.54, 1.807) is 28.8 Å². The number of aryl methyl sites for hydroxylation is 2. The molecule has 4 rings (SSSR count). The molecule has 1 aromatic heterocycles. The Labute approximate surface area is 184 Å². The number of fused-ring (bicyclic) bond motifs is 1. The molecule has 1 N–H and O–H groups in total. The molecular weight excluding hydrogens is 415 g/mol. The highest BCUT2D eigenvalue weighted by Crippen LogP contribution is 2.34. The summed E-state index contributed by atoms with van der Waals surface area (Å²) in [4.78, 5) is 27.8. The van der Waals surface area contributed by atoms with E-state index in [0.717, 1.165) is 27.7 Å². The van der Waals surface area contributed by atoms with Crippen molar-refractivity contribution >= 4 is 35.0 Å². The van der Waals surface area contributed by atoms with Gasteiger partial charge in [0.1, 0.15) is 5.69 Å². The Balaban J connectivity index is 1.37. The number of carbonyl (C=O) groups excluding carboxylic acids is 2. The van der Waals surface area contributed by atoms with Crippen molar-refractivity contribution in [3.8, 4) is 5.69 Å². The van der Waals surface area contributed by atoms with Gasteiger partial charge < -0.3 is 10.2 Å². The fourth-order valence-electron chi connectivity index (χ4n) is 3.64. The van der Waals surface area contributed by atoms with Crippen LogP contribution < -0.4 is 10.2 Å². The van der Waals surface area contributed by atoms with Gasteiger partial charge in [-0.1, -0.05) is 12.1 Å². The molecular formula is C23H23FN4O2S. The van der Waals surface area contributed by atoms with Crippen LogP contribution in [0.15, 0.2) is 53.4 Å². The molecule has 0 fully saturated rings. The maximum absolute atomic E-state index is 14.6. The van der Waals surface area contributed by atoms with Gasteiger partial charge in [-0.15, -0.1) is 11.8 Å². The Morgan fingerprint density at radius 1 is 1.10 bits per heavy atom. The molecule has 0 spiro atoms. The van der Waals surface area contributed by atoms with Crippen molar-refractivity contribution < 1.29 is 14.0 Å². The van der Waals surface area contributed by atoms with E-state index < -0.39 is 5.82 Å². The van der Waals surface area contributed by atoms with Crippen LogP contribution in [0.1, 0.15) is 24.2 Å². The second-order valence-corrected chi connectivity index (χ2v) is 8.55. The molecule has 0 aliphatic carbocycles. The molecule has 0 saturated heterocycles. The molecule has 6 nitrogen and oxygen atoms in total. The second-order valence-electron chi connectivity index (χ2n) is 7.41. The first kappa shape index (κ1) is 21.1. The molecule has 2 aromatic carbocycles. The molecule has 160 valence electrons. The molecule has 2 heterocycles. The van der Waals surface area contributed by atoms with Crippen LogP contribution in [-0.2, 0) is 9.59 Å². The summed E-state index contributed by atoms with van der Waals surface area (Å²) < 4.78 is 16.1. The minimum atomic E-state index is -0.484. The minimum Gasteiger partial charge on any atom is -0.326 e. The van der Waals surface area contributed by atoms with E-state index in [4.69, 9.17) is 0 Å². The average Bonchev–Trinajstić information content (AvgIpc) is 3.09. The monoisotopic (exact) mass is 438 g/mol. The van der Waals surface area contributed by atoms with Crippen molar-refractivity contribution in [1.29, 1.82) is 0 Å². The summed E-state index contributed by atoms with van der Waals surface area (Å²) in [6, 6.07) is 14.1. The number of hydrogen-bond acceptors (Lipinski definition) is 4. The fourth-order valence-corrected chi connectivity index (χ4v) is 4.63. The summed E-state index contributed by atoms with van der Waals surface area (Å²) in [7, 11) is 0. The number of hydrogen-bond donors (Lipinski definition) is 1. The zero-order chi connectivity index (χ0) is 22.0. The molecule has 0 saturated carbocycles. The van der Waals surface area contributed by atoms with E-state index in [-0.39, 0.29) is 24.7 Å². The first-order valence-corrected chi connectivity index (χ1v) is 11.1. The van der Waals surface area contributed by atoms with Crippen molar-refractivity contribution in [2.24, 2.45) is 0 Å². The first-order valence-electron chi connectivity index (χ1n) is 10.1. The Morgan fingerprint density at radius 2 is 1.90 bits per heavy atom. The van der Waals surface area contributed by atoms with Crippen LogP contribution in [0.25, 0.3) is 5.69 Å². The third kappa shape index (κ3) is 4.64. The number of nitrogens with zero attached hydrogens (tertiary/aromatic N) is 3. The normalized spacial score (nSPS) is 13.1. The smallest absolute Gasteiger partial charge is 0.227 e. The van der Waals surface area contributed by atoms with Crippen molar-refractivity contribution in [1.82, 2.24) is 9.78 Å². The molecule has 0 radical (unpaired) electrons. The lowest BCUT2D eigenvalue weighted by molar-refractivity contribution is -0.122. The lowest BCUT2D eigenvalue weighted by Gasteiger charge is -2.29.